The van der Waals surface area contributed by atoms with E-state index in [1.807, 2.05) is 0 Å². The molecule has 110 valence electrons. The zero-order valence-corrected chi connectivity index (χ0v) is 11.4. The molecule has 0 aliphatic carbocycles. The fourth-order valence-electron chi connectivity index (χ4n) is 1.26. The summed E-state index contributed by atoms with van der Waals surface area (Å²) < 4.78 is 4.74. The van der Waals surface area contributed by atoms with Gasteiger partial charge in [0, 0.05) is 19.7 Å². The molecule has 0 aromatic heterocycles. The highest BCUT2D eigenvalue weighted by molar-refractivity contribution is 5.95. The molecule has 8 nitrogen and oxygen atoms in total. The standard InChI is InChI=1S/C11H21N3O5/c1-8(2)14(7-10(16)17)6-9(15)13-11(18)12-4-5-19-3/h8H,4-7H2,1-3H3,(H,16,17)(H2,12,13,15,18). The second kappa shape index (κ2) is 9.29. The Balaban J connectivity index is 4.11. The van der Waals surface area contributed by atoms with E-state index in [2.05, 4.69) is 10.6 Å². The van der Waals surface area contributed by atoms with E-state index in [0.29, 0.717) is 13.2 Å². The van der Waals surface area contributed by atoms with Crippen molar-refractivity contribution in [2.75, 3.05) is 33.4 Å². The van der Waals surface area contributed by atoms with Gasteiger partial charge in [-0.1, -0.05) is 0 Å². The van der Waals surface area contributed by atoms with E-state index in [1.54, 1.807) is 13.8 Å². The normalized spacial score (nSPS) is 10.6. The Morgan fingerprint density at radius 1 is 1.26 bits per heavy atom. The molecule has 0 spiro atoms. The number of urea groups is 1. The number of nitrogens with one attached hydrogen (secondary N) is 2. The molecule has 0 saturated heterocycles. The molecule has 19 heavy (non-hydrogen) atoms. The van der Waals surface area contributed by atoms with Gasteiger partial charge in [0.1, 0.15) is 0 Å². The van der Waals surface area contributed by atoms with Gasteiger partial charge in [-0.25, -0.2) is 4.79 Å². The Hall–Kier alpha value is -1.67. The molecule has 0 aliphatic rings. The summed E-state index contributed by atoms with van der Waals surface area (Å²) in [4.78, 5) is 34.9. The third kappa shape index (κ3) is 8.97. The maximum absolute atomic E-state index is 11.5. The van der Waals surface area contributed by atoms with Crippen molar-refractivity contribution < 1.29 is 24.2 Å². The Morgan fingerprint density at radius 2 is 1.89 bits per heavy atom. The van der Waals surface area contributed by atoms with E-state index in [9.17, 15) is 14.4 Å². The molecule has 3 amide bonds. The third-order valence-corrected chi connectivity index (χ3v) is 2.26. The molecule has 3 N–H and O–H groups in total. The minimum absolute atomic E-state index is 0.113. The number of carbonyl (C=O) groups excluding carboxylic acids is 2. The lowest BCUT2D eigenvalue weighted by Gasteiger charge is -2.23. The third-order valence-electron chi connectivity index (χ3n) is 2.26. The Kier molecular flexibility index (Phi) is 8.47. The average Bonchev–Trinajstić information content (AvgIpc) is 2.27. The quantitative estimate of drug-likeness (QED) is 0.503. The van der Waals surface area contributed by atoms with Gasteiger partial charge in [0.25, 0.3) is 0 Å². The van der Waals surface area contributed by atoms with Crippen molar-refractivity contribution in [2.24, 2.45) is 0 Å². The lowest BCUT2D eigenvalue weighted by Crippen LogP contribution is -2.47. The fourth-order valence-corrected chi connectivity index (χ4v) is 1.26. The molecule has 0 radical (unpaired) electrons. The molecule has 0 saturated carbocycles. The Morgan fingerprint density at radius 3 is 2.37 bits per heavy atom. The molecule has 8 heteroatoms. The second-order valence-corrected chi connectivity index (χ2v) is 4.19. The van der Waals surface area contributed by atoms with Gasteiger partial charge in [-0.05, 0) is 13.8 Å². The van der Waals surface area contributed by atoms with Crippen LogP contribution < -0.4 is 10.6 Å². The molecule has 0 unspecified atom stereocenters. The Labute approximate surface area is 112 Å². The van der Waals surface area contributed by atoms with E-state index in [4.69, 9.17) is 9.84 Å². The molecule has 0 aliphatic heterocycles. The first kappa shape index (κ1) is 17.3. The minimum atomic E-state index is -1.02. The summed E-state index contributed by atoms with van der Waals surface area (Å²) in [7, 11) is 1.50. The molecule has 0 heterocycles. The van der Waals surface area contributed by atoms with Crippen LogP contribution in [0, 0.1) is 0 Å². The van der Waals surface area contributed by atoms with Crippen LogP contribution in [0.1, 0.15) is 13.8 Å². The predicted molar refractivity (Wildman–Crippen MR) is 67.8 cm³/mol. The second-order valence-electron chi connectivity index (χ2n) is 4.19. The lowest BCUT2D eigenvalue weighted by molar-refractivity contribution is -0.139. The van der Waals surface area contributed by atoms with Crippen molar-refractivity contribution in [2.45, 2.75) is 19.9 Å². The van der Waals surface area contributed by atoms with E-state index < -0.39 is 17.9 Å². The van der Waals surface area contributed by atoms with Crippen molar-refractivity contribution >= 4 is 17.9 Å². The minimum Gasteiger partial charge on any atom is -0.480 e. The van der Waals surface area contributed by atoms with Crippen LogP contribution in [0.3, 0.4) is 0 Å². The molecule has 0 fully saturated rings. The van der Waals surface area contributed by atoms with Gasteiger partial charge in [-0.2, -0.15) is 0 Å². The first-order valence-corrected chi connectivity index (χ1v) is 5.89. The van der Waals surface area contributed by atoms with Crippen LogP contribution in [0.5, 0.6) is 0 Å². The molecule has 0 aromatic carbocycles. The van der Waals surface area contributed by atoms with E-state index in [-0.39, 0.29) is 19.1 Å². The number of methoxy groups -OCH3 is 1. The summed E-state index contributed by atoms with van der Waals surface area (Å²) in [6, 6.07) is -0.737. The van der Waals surface area contributed by atoms with E-state index in [1.165, 1.54) is 12.0 Å². The first-order chi connectivity index (χ1) is 8.86. The summed E-state index contributed by atoms with van der Waals surface area (Å²) in [6.07, 6.45) is 0. The van der Waals surface area contributed by atoms with Crippen LogP contribution in [0.25, 0.3) is 0 Å². The monoisotopic (exact) mass is 275 g/mol. The van der Waals surface area contributed by atoms with Crippen LogP contribution in [-0.2, 0) is 14.3 Å². The number of carbonyl (C=O) groups is 3. The van der Waals surface area contributed by atoms with Gasteiger partial charge in [-0.15, -0.1) is 0 Å². The molecule has 0 atom stereocenters. The van der Waals surface area contributed by atoms with Gasteiger partial charge in [0.15, 0.2) is 0 Å². The SMILES string of the molecule is COCCNC(=O)NC(=O)CN(CC(=O)O)C(C)C. The van der Waals surface area contributed by atoms with Crippen molar-refractivity contribution in [1.29, 1.82) is 0 Å². The molecular formula is C11H21N3O5. The summed E-state index contributed by atoms with van der Waals surface area (Å²) >= 11 is 0. The summed E-state index contributed by atoms with van der Waals surface area (Å²) in [6.45, 7) is 3.78. The van der Waals surface area contributed by atoms with Crippen molar-refractivity contribution in [3.63, 3.8) is 0 Å². The van der Waals surface area contributed by atoms with Crippen molar-refractivity contribution in [3.05, 3.63) is 0 Å². The van der Waals surface area contributed by atoms with E-state index >= 15 is 0 Å². The van der Waals surface area contributed by atoms with Gasteiger partial charge >= 0.3 is 12.0 Å². The fraction of sp³-hybridized carbons (Fsp3) is 0.727. The number of carboxylic acids is 1. The maximum atomic E-state index is 11.5. The molecule has 0 rings (SSSR count). The molecular weight excluding hydrogens is 254 g/mol. The summed E-state index contributed by atoms with van der Waals surface area (Å²) in [5, 5.41) is 13.2. The highest BCUT2D eigenvalue weighted by Gasteiger charge is 2.18. The zero-order chi connectivity index (χ0) is 14.8. The Bertz CT molecular complexity index is 319. The number of imide groups is 1. The smallest absolute Gasteiger partial charge is 0.321 e. The molecule has 0 aromatic rings. The topological polar surface area (TPSA) is 108 Å². The van der Waals surface area contributed by atoms with Crippen LogP contribution in [0.2, 0.25) is 0 Å². The van der Waals surface area contributed by atoms with Gasteiger partial charge in [0.05, 0.1) is 19.7 Å². The average molecular weight is 275 g/mol. The number of carboxylic acid groups (broad SMARTS) is 1. The highest BCUT2D eigenvalue weighted by Crippen LogP contribution is 1.96. The number of hydrogen-bond acceptors (Lipinski definition) is 5. The van der Waals surface area contributed by atoms with Gasteiger partial charge in [-0.3, -0.25) is 19.8 Å². The van der Waals surface area contributed by atoms with Crippen LogP contribution in [-0.4, -0.2) is 67.3 Å². The van der Waals surface area contributed by atoms with Crippen molar-refractivity contribution in [3.8, 4) is 0 Å². The lowest BCUT2D eigenvalue weighted by atomic mass is 10.3. The van der Waals surface area contributed by atoms with Crippen molar-refractivity contribution in [1.82, 2.24) is 15.5 Å². The van der Waals surface area contributed by atoms with Gasteiger partial charge < -0.3 is 15.2 Å². The highest BCUT2D eigenvalue weighted by atomic mass is 16.5. The largest absolute Gasteiger partial charge is 0.480 e. The number of nitrogens with zero attached hydrogens (tertiary/aromatic N) is 1. The number of hydrogen-bond donors (Lipinski definition) is 3. The zero-order valence-electron chi connectivity index (χ0n) is 11.4. The van der Waals surface area contributed by atoms with Crippen LogP contribution in [0.15, 0.2) is 0 Å². The number of aliphatic carboxylic acids is 1. The maximum Gasteiger partial charge on any atom is 0.321 e. The first-order valence-electron chi connectivity index (χ1n) is 5.89. The summed E-state index contributed by atoms with van der Waals surface area (Å²) in [5.41, 5.74) is 0. The van der Waals surface area contributed by atoms with Crippen LogP contribution >= 0.6 is 0 Å². The number of ether oxygens (including phenoxy) is 1. The number of rotatable bonds is 8. The van der Waals surface area contributed by atoms with Gasteiger partial charge in [0.2, 0.25) is 5.91 Å². The predicted octanol–water partition coefficient (Wildman–Crippen LogP) is -0.746. The van der Waals surface area contributed by atoms with Crippen LogP contribution in [0.4, 0.5) is 4.79 Å². The summed E-state index contributed by atoms with van der Waals surface area (Å²) in [5.74, 6) is -1.57. The number of amides is 3. The van der Waals surface area contributed by atoms with E-state index in [0.717, 1.165) is 0 Å². The molecule has 0 bridgehead atoms.